The molecule has 100 valence electrons. The van der Waals surface area contributed by atoms with E-state index in [1.807, 2.05) is 25.1 Å². The molecule has 4 nitrogen and oxygen atoms in total. The monoisotopic (exact) mass is 276 g/mol. The molecule has 1 aromatic carbocycles. The fraction of sp³-hybridized carbons (Fsp3) is 0.429. The number of aromatic nitrogens is 1. The van der Waals surface area contributed by atoms with Crippen molar-refractivity contribution in [3.8, 4) is 5.75 Å². The minimum atomic E-state index is 0.0941. The maximum absolute atomic E-state index is 11.9. The highest BCUT2D eigenvalue weighted by atomic mass is 32.1. The minimum Gasteiger partial charge on any atom is -0.494 e. The summed E-state index contributed by atoms with van der Waals surface area (Å²) < 4.78 is 6.49. The van der Waals surface area contributed by atoms with Crippen LogP contribution in [-0.4, -0.2) is 17.5 Å². The zero-order valence-corrected chi connectivity index (χ0v) is 11.8. The summed E-state index contributed by atoms with van der Waals surface area (Å²) in [7, 11) is 0. The first-order valence-corrected chi connectivity index (χ1v) is 7.33. The van der Waals surface area contributed by atoms with Crippen molar-refractivity contribution in [3.63, 3.8) is 0 Å². The van der Waals surface area contributed by atoms with Gasteiger partial charge >= 0.3 is 0 Å². The topological polar surface area (TPSA) is 51.2 Å². The Morgan fingerprint density at radius 2 is 2.37 bits per heavy atom. The zero-order chi connectivity index (χ0) is 13.4. The molecule has 2 atom stereocenters. The Balaban J connectivity index is 1.79. The third-order valence-corrected chi connectivity index (χ3v) is 4.28. The fourth-order valence-corrected chi connectivity index (χ4v) is 3.00. The van der Waals surface area contributed by atoms with Crippen molar-refractivity contribution < 1.29 is 9.53 Å². The van der Waals surface area contributed by atoms with Crippen LogP contribution in [0.4, 0.5) is 5.13 Å². The number of thiazole rings is 1. The SMILES string of the molecule is CCOc1ccc2nc(NC(=O)[C@H]3C[C@H]3C)sc2c1. The van der Waals surface area contributed by atoms with E-state index in [1.54, 1.807) is 0 Å². The molecule has 1 fully saturated rings. The van der Waals surface area contributed by atoms with Gasteiger partial charge in [-0.1, -0.05) is 18.3 Å². The highest BCUT2D eigenvalue weighted by Gasteiger charge is 2.39. The van der Waals surface area contributed by atoms with E-state index in [0.717, 1.165) is 22.4 Å². The van der Waals surface area contributed by atoms with Crippen LogP contribution in [0.25, 0.3) is 10.2 Å². The van der Waals surface area contributed by atoms with E-state index >= 15 is 0 Å². The molecule has 1 aliphatic carbocycles. The summed E-state index contributed by atoms with van der Waals surface area (Å²) >= 11 is 1.49. The Kier molecular flexibility index (Phi) is 3.14. The third kappa shape index (κ3) is 2.56. The van der Waals surface area contributed by atoms with Crippen LogP contribution in [0.5, 0.6) is 5.75 Å². The number of nitrogens with one attached hydrogen (secondary N) is 1. The van der Waals surface area contributed by atoms with Gasteiger partial charge in [0.2, 0.25) is 5.91 Å². The smallest absolute Gasteiger partial charge is 0.229 e. The van der Waals surface area contributed by atoms with Crippen LogP contribution in [0.2, 0.25) is 0 Å². The summed E-state index contributed by atoms with van der Waals surface area (Å²) in [5.41, 5.74) is 0.896. The van der Waals surface area contributed by atoms with Gasteiger partial charge in [-0.15, -0.1) is 0 Å². The highest BCUT2D eigenvalue weighted by molar-refractivity contribution is 7.22. The second kappa shape index (κ2) is 4.81. The number of carbonyl (C=O) groups is 1. The molecule has 0 bridgehead atoms. The number of fused-ring (bicyclic) bond motifs is 1. The van der Waals surface area contributed by atoms with Crippen molar-refractivity contribution in [1.82, 2.24) is 4.98 Å². The molecule has 1 amide bonds. The predicted octanol–water partition coefficient (Wildman–Crippen LogP) is 3.29. The summed E-state index contributed by atoms with van der Waals surface area (Å²) in [5.74, 6) is 1.62. The van der Waals surface area contributed by atoms with Crippen LogP contribution in [0, 0.1) is 11.8 Å². The van der Waals surface area contributed by atoms with Crippen LogP contribution in [0.15, 0.2) is 18.2 Å². The molecule has 1 aromatic heterocycles. The maximum Gasteiger partial charge on any atom is 0.229 e. The van der Waals surface area contributed by atoms with Gasteiger partial charge < -0.3 is 10.1 Å². The van der Waals surface area contributed by atoms with E-state index in [0.29, 0.717) is 17.7 Å². The van der Waals surface area contributed by atoms with Crippen molar-refractivity contribution in [2.75, 3.05) is 11.9 Å². The number of carbonyl (C=O) groups excluding carboxylic acids is 1. The van der Waals surface area contributed by atoms with Crippen molar-refractivity contribution in [1.29, 1.82) is 0 Å². The third-order valence-electron chi connectivity index (χ3n) is 3.35. The molecular weight excluding hydrogens is 260 g/mol. The molecule has 0 saturated heterocycles. The van der Waals surface area contributed by atoms with Crippen LogP contribution < -0.4 is 10.1 Å². The second-order valence-electron chi connectivity index (χ2n) is 4.89. The van der Waals surface area contributed by atoms with Gasteiger partial charge in [-0.2, -0.15) is 0 Å². The summed E-state index contributed by atoms with van der Waals surface area (Å²) in [6.45, 7) is 4.70. The molecule has 1 aliphatic rings. The zero-order valence-electron chi connectivity index (χ0n) is 11.0. The Hall–Kier alpha value is -1.62. The van der Waals surface area contributed by atoms with E-state index in [4.69, 9.17) is 4.74 Å². The Morgan fingerprint density at radius 3 is 3.05 bits per heavy atom. The molecule has 3 rings (SSSR count). The fourth-order valence-electron chi connectivity index (χ4n) is 2.10. The average molecular weight is 276 g/mol. The lowest BCUT2D eigenvalue weighted by atomic mass is 10.3. The molecule has 0 unspecified atom stereocenters. The summed E-state index contributed by atoms with van der Waals surface area (Å²) in [6, 6.07) is 5.79. The van der Waals surface area contributed by atoms with Crippen molar-refractivity contribution >= 4 is 32.6 Å². The molecule has 2 aromatic rings. The first-order valence-electron chi connectivity index (χ1n) is 6.51. The summed E-state index contributed by atoms with van der Waals surface area (Å²) in [5, 5.41) is 3.58. The second-order valence-corrected chi connectivity index (χ2v) is 5.92. The molecule has 0 spiro atoms. The Bertz CT molecular complexity index is 623. The number of benzene rings is 1. The number of hydrogen-bond donors (Lipinski definition) is 1. The first kappa shape index (κ1) is 12.4. The van der Waals surface area contributed by atoms with Gasteiger partial charge in [0, 0.05) is 5.92 Å². The van der Waals surface area contributed by atoms with E-state index in [-0.39, 0.29) is 11.8 Å². The molecule has 0 radical (unpaired) electrons. The lowest BCUT2D eigenvalue weighted by Gasteiger charge is -2.00. The van der Waals surface area contributed by atoms with Crippen LogP contribution in [-0.2, 0) is 4.79 Å². The molecular formula is C14H16N2O2S. The maximum atomic E-state index is 11.9. The minimum absolute atomic E-state index is 0.0941. The van der Waals surface area contributed by atoms with Crippen LogP contribution in [0.1, 0.15) is 20.3 Å². The van der Waals surface area contributed by atoms with Gasteiger partial charge in [0.25, 0.3) is 0 Å². The average Bonchev–Trinajstić information content (AvgIpc) is 2.97. The molecule has 1 heterocycles. The molecule has 1 N–H and O–H groups in total. The number of anilines is 1. The lowest BCUT2D eigenvalue weighted by Crippen LogP contribution is -2.14. The number of ether oxygens (including phenoxy) is 1. The van der Waals surface area contributed by atoms with Crippen molar-refractivity contribution in [3.05, 3.63) is 18.2 Å². The van der Waals surface area contributed by atoms with E-state index in [2.05, 4.69) is 17.2 Å². The largest absolute Gasteiger partial charge is 0.494 e. The summed E-state index contributed by atoms with van der Waals surface area (Å²) in [4.78, 5) is 16.3. The van der Waals surface area contributed by atoms with Gasteiger partial charge in [0.05, 0.1) is 16.8 Å². The molecule has 1 saturated carbocycles. The van der Waals surface area contributed by atoms with E-state index < -0.39 is 0 Å². The number of rotatable bonds is 4. The number of hydrogen-bond acceptors (Lipinski definition) is 4. The standard InChI is InChI=1S/C14H16N2O2S/c1-3-18-9-4-5-11-12(7-9)19-14(15-11)16-13(17)10-6-8(10)2/h4-5,7-8,10H,3,6H2,1-2H3,(H,15,16,17)/t8-,10+/m1/s1. The van der Waals surface area contributed by atoms with Crippen molar-refractivity contribution in [2.24, 2.45) is 11.8 Å². The molecule has 19 heavy (non-hydrogen) atoms. The quantitative estimate of drug-likeness (QED) is 0.932. The first-order chi connectivity index (χ1) is 9.17. The predicted molar refractivity (Wildman–Crippen MR) is 76.7 cm³/mol. The Labute approximate surface area is 115 Å². The lowest BCUT2D eigenvalue weighted by molar-refractivity contribution is -0.117. The van der Waals surface area contributed by atoms with Gasteiger partial charge in [-0.3, -0.25) is 4.79 Å². The van der Waals surface area contributed by atoms with Gasteiger partial charge in [0.1, 0.15) is 5.75 Å². The van der Waals surface area contributed by atoms with E-state index in [1.165, 1.54) is 11.3 Å². The van der Waals surface area contributed by atoms with Gasteiger partial charge in [0.15, 0.2) is 5.13 Å². The normalized spacial score (nSPS) is 21.4. The van der Waals surface area contributed by atoms with Gasteiger partial charge in [-0.25, -0.2) is 4.98 Å². The Morgan fingerprint density at radius 1 is 1.58 bits per heavy atom. The van der Waals surface area contributed by atoms with Gasteiger partial charge in [-0.05, 0) is 37.5 Å². The number of amides is 1. The number of nitrogens with zero attached hydrogens (tertiary/aromatic N) is 1. The van der Waals surface area contributed by atoms with E-state index in [9.17, 15) is 4.79 Å². The summed E-state index contributed by atoms with van der Waals surface area (Å²) in [6.07, 6.45) is 0.991. The van der Waals surface area contributed by atoms with Crippen LogP contribution >= 0.6 is 11.3 Å². The van der Waals surface area contributed by atoms with Crippen molar-refractivity contribution in [2.45, 2.75) is 20.3 Å². The van der Waals surface area contributed by atoms with Crippen LogP contribution in [0.3, 0.4) is 0 Å². The molecule has 0 aliphatic heterocycles. The molecule has 5 heteroatoms. The highest BCUT2D eigenvalue weighted by Crippen LogP contribution is 2.39.